The van der Waals surface area contributed by atoms with E-state index in [1.807, 2.05) is 6.07 Å². The van der Waals surface area contributed by atoms with Crippen molar-refractivity contribution in [2.24, 2.45) is 0 Å². The quantitative estimate of drug-likeness (QED) is 0.652. The Kier molecular flexibility index (Phi) is 7.96. The summed E-state index contributed by atoms with van der Waals surface area (Å²) in [6, 6.07) is 5.81. The summed E-state index contributed by atoms with van der Waals surface area (Å²) < 4.78 is 27.6. The second-order valence-corrected chi connectivity index (χ2v) is 8.71. The summed E-state index contributed by atoms with van der Waals surface area (Å²) in [6.07, 6.45) is 3.91. The van der Waals surface area contributed by atoms with Gasteiger partial charge in [-0.2, -0.15) is 0 Å². The first-order chi connectivity index (χ1) is 13.4. The number of amides is 1. The van der Waals surface area contributed by atoms with Crippen LogP contribution in [0, 0.1) is 0 Å². The summed E-state index contributed by atoms with van der Waals surface area (Å²) in [5.41, 5.74) is 0. The third-order valence-corrected chi connectivity index (χ3v) is 6.48. The van der Waals surface area contributed by atoms with Gasteiger partial charge < -0.3 is 9.64 Å². The number of carbonyl (C=O) groups is 1. The lowest BCUT2D eigenvalue weighted by molar-refractivity contribution is -0.131. The topological polar surface area (TPSA) is 82.1 Å². The van der Waals surface area contributed by atoms with E-state index >= 15 is 0 Å². The molecule has 2 heterocycles. The average Bonchev–Trinajstić information content (AvgIpc) is 2.70. The molecule has 2 aliphatic heterocycles. The van der Waals surface area contributed by atoms with Crippen LogP contribution in [0.4, 0.5) is 0 Å². The molecule has 1 amide bonds. The van der Waals surface area contributed by atoms with Crippen molar-refractivity contribution < 1.29 is 18.3 Å². The first-order valence-electron chi connectivity index (χ1n) is 9.40. The van der Waals surface area contributed by atoms with Crippen LogP contribution in [0.3, 0.4) is 0 Å². The maximum Gasteiger partial charge on any atom is 0.237 e. The van der Waals surface area contributed by atoms with Crippen LogP contribution in [0.2, 0.25) is 10.0 Å². The Hall–Kier alpha value is -0.900. The molecule has 0 spiro atoms. The highest BCUT2D eigenvalue weighted by atomic mass is 35.5. The molecular formula is C18H25Cl2N3O4S. The lowest BCUT2D eigenvalue weighted by atomic mass is 9.98. The zero-order valence-corrected chi connectivity index (χ0v) is 17.8. The summed E-state index contributed by atoms with van der Waals surface area (Å²) in [5.74, 6) is 0.617. The van der Waals surface area contributed by atoms with Gasteiger partial charge in [-0.15, -0.1) is 0 Å². The Morgan fingerprint density at radius 3 is 2.43 bits per heavy atom. The fraction of sp³-hybridized carbons (Fsp3) is 0.611. The molecule has 0 saturated carbocycles. The Balaban J connectivity index is 1.40. The van der Waals surface area contributed by atoms with Gasteiger partial charge in [-0.25, -0.2) is 8.93 Å². The molecule has 1 unspecified atom stereocenters. The molecule has 156 valence electrons. The number of benzene rings is 1. The van der Waals surface area contributed by atoms with Crippen molar-refractivity contribution in [1.82, 2.24) is 14.5 Å². The molecule has 3 rings (SSSR count). The zero-order chi connectivity index (χ0) is 20.1. The minimum Gasteiger partial charge on any atom is -0.490 e. The average molecular weight is 450 g/mol. The minimum absolute atomic E-state index is 0.106. The molecule has 1 atom stereocenters. The van der Waals surface area contributed by atoms with Gasteiger partial charge in [0.05, 0.1) is 16.6 Å². The Morgan fingerprint density at radius 2 is 1.82 bits per heavy atom. The van der Waals surface area contributed by atoms with E-state index in [-0.39, 0.29) is 18.6 Å². The number of carbonyl (C=O) groups excluding carboxylic acids is 1. The number of piperidine rings is 2. The maximum atomic E-state index is 12.0. The number of ether oxygens (including phenoxy) is 1. The van der Waals surface area contributed by atoms with Gasteiger partial charge in [0.1, 0.15) is 11.9 Å². The van der Waals surface area contributed by atoms with E-state index in [0.29, 0.717) is 29.2 Å². The molecule has 2 fully saturated rings. The number of nitrogens with one attached hydrogen (secondary N) is 1. The lowest BCUT2D eigenvalue weighted by Gasteiger charge is -2.41. The summed E-state index contributed by atoms with van der Waals surface area (Å²) in [4.78, 5) is 16.3. The van der Waals surface area contributed by atoms with Crippen molar-refractivity contribution in [3.8, 4) is 5.75 Å². The molecule has 10 heteroatoms. The van der Waals surface area contributed by atoms with Crippen LogP contribution in [-0.4, -0.2) is 69.3 Å². The SMILES string of the molecule is O=C(CNS(=O)O)N1CCC(N2CCC(Oc3ccc(Cl)c(Cl)c3)CC2)CC1. The predicted octanol–water partition coefficient (Wildman–Crippen LogP) is 2.55. The molecule has 0 radical (unpaired) electrons. The largest absolute Gasteiger partial charge is 0.490 e. The van der Waals surface area contributed by atoms with Gasteiger partial charge in [0.15, 0.2) is 0 Å². The highest BCUT2D eigenvalue weighted by Crippen LogP contribution is 2.29. The van der Waals surface area contributed by atoms with E-state index in [1.54, 1.807) is 17.0 Å². The fourth-order valence-corrected chi connectivity index (χ4v) is 4.35. The molecule has 7 nitrogen and oxygen atoms in total. The lowest BCUT2D eigenvalue weighted by Crippen LogP contribution is -2.51. The van der Waals surface area contributed by atoms with Crippen LogP contribution < -0.4 is 9.46 Å². The normalized spacial score (nSPS) is 20.9. The van der Waals surface area contributed by atoms with Crippen LogP contribution in [-0.2, 0) is 16.1 Å². The van der Waals surface area contributed by atoms with Gasteiger partial charge >= 0.3 is 0 Å². The van der Waals surface area contributed by atoms with Crippen LogP contribution in [0.1, 0.15) is 25.7 Å². The van der Waals surface area contributed by atoms with Crippen molar-refractivity contribution in [2.45, 2.75) is 37.8 Å². The molecule has 2 aliphatic rings. The second-order valence-electron chi connectivity index (χ2n) is 7.11. The Labute approximate surface area is 177 Å². The van der Waals surface area contributed by atoms with Crippen molar-refractivity contribution in [3.63, 3.8) is 0 Å². The van der Waals surface area contributed by atoms with Gasteiger partial charge in [0, 0.05) is 38.3 Å². The molecule has 2 saturated heterocycles. The third-order valence-electron chi connectivity index (χ3n) is 5.35. The van der Waals surface area contributed by atoms with Crippen LogP contribution in [0.5, 0.6) is 5.75 Å². The minimum atomic E-state index is -2.15. The van der Waals surface area contributed by atoms with Gasteiger partial charge in [-0.1, -0.05) is 23.2 Å². The van der Waals surface area contributed by atoms with E-state index in [2.05, 4.69) is 9.62 Å². The number of halogens is 2. The summed E-state index contributed by atoms with van der Waals surface area (Å²) in [5, 5.41) is 1.02. The summed E-state index contributed by atoms with van der Waals surface area (Å²) >= 11 is 9.83. The number of nitrogens with zero attached hydrogens (tertiary/aromatic N) is 2. The van der Waals surface area contributed by atoms with Crippen molar-refractivity contribution >= 4 is 40.4 Å². The molecule has 2 N–H and O–H groups in total. The zero-order valence-electron chi connectivity index (χ0n) is 15.5. The first kappa shape index (κ1) is 21.8. The van der Waals surface area contributed by atoms with E-state index < -0.39 is 11.3 Å². The van der Waals surface area contributed by atoms with Crippen LogP contribution >= 0.6 is 23.2 Å². The van der Waals surface area contributed by atoms with Gasteiger partial charge in [-0.05, 0) is 37.8 Å². The molecule has 0 aliphatic carbocycles. The van der Waals surface area contributed by atoms with E-state index in [0.717, 1.165) is 44.5 Å². The molecule has 1 aromatic carbocycles. The molecular weight excluding hydrogens is 425 g/mol. The van der Waals surface area contributed by atoms with Crippen LogP contribution in [0.25, 0.3) is 0 Å². The summed E-state index contributed by atoms with van der Waals surface area (Å²) in [6.45, 7) is 3.20. The standard InChI is InChI=1S/C18H25Cl2N3O4S/c19-16-2-1-15(11-17(16)20)27-14-5-9-22(10-6-14)13-3-7-23(8-4-13)18(24)12-21-28(25)26/h1-2,11,13-14,21H,3-10,12H2,(H,25,26). The second kappa shape index (κ2) is 10.2. The molecule has 1 aromatic rings. The van der Waals surface area contributed by atoms with Crippen LogP contribution in [0.15, 0.2) is 18.2 Å². The third kappa shape index (κ3) is 6.05. The maximum absolute atomic E-state index is 12.0. The number of hydrogen-bond donors (Lipinski definition) is 2. The molecule has 0 aromatic heterocycles. The number of rotatable bonds is 6. The first-order valence-corrected chi connectivity index (χ1v) is 11.3. The fourth-order valence-electron chi connectivity index (χ4n) is 3.82. The van der Waals surface area contributed by atoms with Gasteiger partial charge in [-0.3, -0.25) is 14.2 Å². The molecule has 0 bridgehead atoms. The van der Waals surface area contributed by atoms with Gasteiger partial charge in [0.25, 0.3) is 0 Å². The summed E-state index contributed by atoms with van der Waals surface area (Å²) in [7, 11) is 0. The van der Waals surface area contributed by atoms with Gasteiger partial charge in [0.2, 0.25) is 17.2 Å². The number of likely N-dealkylation sites (tertiary alicyclic amines) is 2. The van der Waals surface area contributed by atoms with E-state index in [4.69, 9.17) is 32.5 Å². The monoisotopic (exact) mass is 449 g/mol. The predicted molar refractivity (Wildman–Crippen MR) is 110 cm³/mol. The van der Waals surface area contributed by atoms with E-state index in [1.165, 1.54) is 0 Å². The van der Waals surface area contributed by atoms with Crippen molar-refractivity contribution in [1.29, 1.82) is 0 Å². The highest BCUT2D eigenvalue weighted by molar-refractivity contribution is 7.77. The smallest absolute Gasteiger partial charge is 0.237 e. The number of hydrogen-bond acceptors (Lipinski definition) is 4. The molecule has 28 heavy (non-hydrogen) atoms. The Bertz CT molecular complexity index is 708. The van der Waals surface area contributed by atoms with Crippen molar-refractivity contribution in [2.75, 3.05) is 32.7 Å². The highest BCUT2D eigenvalue weighted by Gasteiger charge is 2.30. The van der Waals surface area contributed by atoms with Crippen molar-refractivity contribution in [3.05, 3.63) is 28.2 Å². The Morgan fingerprint density at radius 1 is 1.14 bits per heavy atom. The van der Waals surface area contributed by atoms with E-state index in [9.17, 15) is 9.00 Å².